The molecule has 7 nitrogen and oxygen atoms in total. The number of carboxylic acids is 1. The Balaban J connectivity index is 5.19. The van der Waals surface area contributed by atoms with Crippen molar-refractivity contribution in [3.63, 3.8) is 0 Å². The zero-order valence-corrected chi connectivity index (χ0v) is 12.9. The quantitative estimate of drug-likeness (QED) is 0.723. The SMILES string of the molecule is CCCN(CC(=O)NC)C(=O)N(CC)C(C)(C)C(=O)O. The van der Waals surface area contributed by atoms with Gasteiger partial charge in [0.05, 0.1) is 0 Å². The lowest BCUT2D eigenvalue weighted by Crippen LogP contribution is -2.58. The summed E-state index contributed by atoms with van der Waals surface area (Å²) in [5.41, 5.74) is -1.32. The van der Waals surface area contributed by atoms with E-state index in [1.807, 2.05) is 6.92 Å². The largest absolute Gasteiger partial charge is 0.480 e. The maximum absolute atomic E-state index is 12.5. The molecule has 20 heavy (non-hydrogen) atoms. The van der Waals surface area contributed by atoms with Gasteiger partial charge in [0.15, 0.2) is 0 Å². The number of rotatable bonds is 7. The first-order valence-corrected chi connectivity index (χ1v) is 6.72. The molecule has 7 heteroatoms. The maximum atomic E-state index is 12.5. The van der Waals surface area contributed by atoms with E-state index in [4.69, 9.17) is 0 Å². The summed E-state index contributed by atoms with van der Waals surface area (Å²) in [4.78, 5) is 37.9. The van der Waals surface area contributed by atoms with Gasteiger partial charge in [-0.15, -0.1) is 0 Å². The number of hydrogen-bond donors (Lipinski definition) is 2. The van der Waals surface area contributed by atoms with Crippen molar-refractivity contribution in [2.45, 2.75) is 39.7 Å². The normalized spacial score (nSPS) is 10.8. The van der Waals surface area contributed by atoms with E-state index in [2.05, 4.69) is 5.32 Å². The molecule has 0 aliphatic heterocycles. The molecule has 0 spiro atoms. The summed E-state index contributed by atoms with van der Waals surface area (Å²) >= 11 is 0. The molecule has 0 aliphatic carbocycles. The van der Waals surface area contributed by atoms with E-state index in [0.29, 0.717) is 13.0 Å². The van der Waals surface area contributed by atoms with Crippen molar-refractivity contribution in [1.29, 1.82) is 0 Å². The smallest absolute Gasteiger partial charge is 0.329 e. The average Bonchev–Trinajstić information content (AvgIpc) is 2.38. The fourth-order valence-electron chi connectivity index (χ4n) is 1.82. The fourth-order valence-corrected chi connectivity index (χ4v) is 1.82. The summed E-state index contributed by atoms with van der Waals surface area (Å²) in [6, 6.07) is -0.439. The first-order valence-electron chi connectivity index (χ1n) is 6.72. The van der Waals surface area contributed by atoms with Gasteiger partial charge in [0.25, 0.3) is 0 Å². The minimum absolute atomic E-state index is 0.0740. The Morgan fingerprint density at radius 1 is 1.20 bits per heavy atom. The highest BCUT2D eigenvalue weighted by molar-refractivity contribution is 5.88. The Morgan fingerprint density at radius 2 is 1.75 bits per heavy atom. The molecule has 0 saturated heterocycles. The molecule has 0 fully saturated rings. The second-order valence-corrected chi connectivity index (χ2v) is 4.99. The number of nitrogens with one attached hydrogen (secondary N) is 1. The van der Waals surface area contributed by atoms with E-state index in [0.717, 1.165) is 0 Å². The second-order valence-electron chi connectivity index (χ2n) is 4.99. The van der Waals surface area contributed by atoms with Gasteiger partial charge in [-0.1, -0.05) is 6.92 Å². The Hall–Kier alpha value is -1.79. The number of carbonyl (C=O) groups excluding carboxylic acids is 2. The Labute approximate surface area is 119 Å². The van der Waals surface area contributed by atoms with Crippen molar-refractivity contribution in [3.8, 4) is 0 Å². The molecule has 3 amide bonds. The van der Waals surface area contributed by atoms with Gasteiger partial charge in [-0.05, 0) is 27.2 Å². The van der Waals surface area contributed by atoms with Gasteiger partial charge in [0.2, 0.25) is 5.91 Å². The summed E-state index contributed by atoms with van der Waals surface area (Å²) in [6.45, 7) is 7.14. The Kier molecular flexibility index (Phi) is 7.02. The molecule has 0 heterocycles. The number of carboxylic acid groups (broad SMARTS) is 1. The lowest BCUT2D eigenvalue weighted by atomic mass is 10.0. The van der Waals surface area contributed by atoms with Crippen molar-refractivity contribution < 1.29 is 19.5 Å². The summed E-state index contributed by atoms with van der Waals surface area (Å²) in [5, 5.41) is 11.7. The molecule has 116 valence electrons. The first-order chi connectivity index (χ1) is 9.22. The van der Waals surface area contributed by atoms with Crippen molar-refractivity contribution in [1.82, 2.24) is 15.1 Å². The van der Waals surface area contributed by atoms with E-state index < -0.39 is 17.5 Å². The Morgan fingerprint density at radius 3 is 2.10 bits per heavy atom. The predicted octanol–water partition coefficient (Wildman–Crippen LogP) is 0.750. The van der Waals surface area contributed by atoms with E-state index in [-0.39, 0.29) is 19.0 Å². The summed E-state index contributed by atoms with van der Waals surface area (Å²) in [7, 11) is 1.50. The van der Waals surface area contributed by atoms with Crippen LogP contribution in [0.2, 0.25) is 0 Å². The third kappa shape index (κ3) is 4.40. The molecule has 2 N–H and O–H groups in total. The number of hydrogen-bond acceptors (Lipinski definition) is 3. The van der Waals surface area contributed by atoms with Crippen LogP contribution >= 0.6 is 0 Å². The summed E-state index contributed by atoms with van der Waals surface area (Å²) in [6.07, 6.45) is 0.688. The lowest BCUT2D eigenvalue weighted by Gasteiger charge is -2.37. The van der Waals surface area contributed by atoms with Gasteiger partial charge in [-0.25, -0.2) is 9.59 Å². The van der Waals surface area contributed by atoms with Crippen LogP contribution in [0.5, 0.6) is 0 Å². The lowest BCUT2D eigenvalue weighted by molar-refractivity contribution is -0.147. The van der Waals surface area contributed by atoms with Gasteiger partial charge in [-0.2, -0.15) is 0 Å². The number of likely N-dealkylation sites (N-methyl/N-ethyl adjacent to an activating group) is 2. The fraction of sp³-hybridized carbons (Fsp3) is 0.769. The van der Waals surface area contributed by atoms with Crippen LogP contribution in [-0.4, -0.2) is 65.0 Å². The van der Waals surface area contributed by atoms with Gasteiger partial charge < -0.3 is 20.2 Å². The van der Waals surface area contributed by atoms with Gasteiger partial charge in [-0.3, -0.25) is 4.79 Å². The predicted molar refractivity (Wildman–Crippen MR) is 75.4 cm³/mol. The topological polar surface area (TPSA) is 90.0 Å². The van der Waals surface area contributed by atoms with Crippen LogP contribution in [0.1, 0.15) is 34.1 Å². The molecule has 0 aromatic rings. The number of carbonyl (C=O) groups is 3. The molecule has 0 atom stereocenters. The first kappa shape index (κ1) is 18.2. The van der Waals surface area contributed by atoms with Crippen molar-refractivity contribution in [2.24, 2.45) is 0 Å². The molecule has 0 aliphatic rings. The number of urea groups is 1. The standard InChI is InChI=1S/C13H25N3O4/c1-6-8-15(9-10(17)14-5)12(20)16(7-2)13(3,4)11(18)19/h6-9H2,1-5H3,(H,14,17)(H,18,19). The molecule has 0 radical (unpaired) electrons. The summed E-state index contributed by atoms with van der Waals surface area (Å²) in [5.74, 6) is -1.36. The van der Waals surface area contributed by atoms with Crippen molar-refractivity contribution in [3.05, 3.63) is 0 Å². The number of aliphatic carboxylic acids is 1. The molecule has 0 aromatic heterocycles. The van der Waals surface area contributed by atoms with E-state index in [1.54, 1.807) is 6.92 Å². The van der Waals surface area contributed by atoms with E-state index in [9.17, 15) is 19.5 Å². The van der Waals surface area contributed by atoms with Crippen LogP contribution in [0.15, 0.2) is 0 Å². The monoisotopic (exact) mass is 287 g/mol. The van der Waals surface area contributed by atoms with Crippen LogP contribution in [0.4, 0.5) is 4.79 Å². The minimum atomic E-state index is -1.32. The second kappa shape index (κ2) is 7.72. The van der Waals surface area contributed by atoms with Crippen LogP contribution < -0.4 is 5.32 Å². The molecule has 0 bridgehead atoms. The third-order valence-corrected chi connectivity index (χ3v) is 3.12. The van der Waals surface area contributed by atoms with Crippen LogP contribution in [-0.2, 0) is 9.59 Å². The third-order valence-electron chi connectivity index (χ3n) is 3.12. The zero-order valence-electron chi connectivity index (χ0n) is 12.9. The van der Waals surface area contributed by atoms with Crippen LogP contribution in [0.25, 0.3) is 0 Å². The van der Waals surface area contributed by atoms with Gasteiger partial charge in [0, 0.05) is 20.1 Å². The minimum Gasteiger partial charge on any atom is -0.480 e. The molecule has 0 unspecified atom stereocenters. The highest BCUT2D eigenvalue weighted by Crippen LogP contribution is 2.17. The molecular weight excluding hydrogens is 262 g/mol. The summed E-state index contributed by atoms with van der Waals surface area (Å²) < 4.78 is 0. The number of nitrogens with zero attached hydrogens (tertiary/aromatic N) is 2. The maximum Gasteiger partial charge on any atom is 0.329 e. The van der Waals surface area contributed by atoms with Crippen molar-refractivity contribution >= 4 is 17.9 Å². The van der Waals surface area contributed by atoms with E-state index >= 15 is 0 Å². The molecule has 0 aromatic carbocycles. The van der Waals surface area contributed by atoms with Crippen LogP contribution in [0.3, 0.4) is 0 Å². The van der Waals surface area contributed by atoms with Crippen molar-refractivity contribution in [2.75, 3.05) is 26.7 Å². The molecular formula is C13H25N3O4. The highest BCUT2D eigenvalue weighted by atomic mass is 16.4. The molecule has 0 saturated carbocycles. The highest BCUT2D eigenvalue weighted by Gasteiger charge is 2.38. The van der Waals surface area contributed by atoms with E-state index in [1.165, 1.54) is 30.7 Å². The molecule has 0 rings (SSSR count). The zero-order chi connectivity index (χ0) is 15.9. The van der Waals surface area contributed by atoms with Gasteiger partial charge in [0.1, 0.15) is 12.1 Å². The Bertz CT molecular complexity index is 369. The average molecular weight is 287 g/mol. The van der Waals surface area contributed by atoms with Crippen LogP contribution in [0, 0.1) is 0 Å². The number of amides is 3. The van der Waals surface area contributed by atoms with Gasteiger partial charge >= 0.3 is 12.0 Å².